The fraction of sp³-hybridized carbons (Fsp3) is 0.938. The van der Waals surface area contributed by atoms with Crippen LogP contribution >= 0.6 is 0 Å². The number of hydrogen-bond acceptors (Lipinski definition) is 1. The molecule has 1 atom stereocenters. The molecular weight excluding hydrogens is 222 g/mol. The predicted molar refractivity (Wildman–Crippen MR) is 79.6 cm³/mol. The molecule has 1 amide bonds. The number of amides is 1. The molecule has 2 nitrogen and oxygen atoms in total. The summed E-state index contributed by atoms with van der Waals surface area (Å²) in [6.45, 7) is 18.2. The van der Waals surface area contributed by atoms with Gasteiger partial charge >= 0.3 is 0 Å². The molecular formula is C16H33NO. The summed E-state index contributed by atoms with van der Waals surface area (Å²) < 4.78 is 0. The van der Waals surface area contributed by atoms with E-state index in [1.165, 1.54) is 0 Å². The van der Waals surface area contributed by atoms with Crippen LogP contribution in [0.4, 0.5) is 0 Å². The van der Waals surface area contributed by atoms with Crippen LogP contribution in [-0.4, -0.2) is 12.5 Å². The number of carbonyl (C=O) groups is 1. The minimum Gasteiger partial charge on any atom is -0.356 e. The van der Waals surface area contributed by atoms with Crippen molar-refractivity contribution in [3.8, 4) is 0 Å². The van der Waals surface area contributed by atoms with E-state index in [4.69, 9.17) is 0 Å². The summed E-state index contributed by atoms with van der Waals surface area (Å²) in [7, 11) is 0. The minimum atomic E-state index is -0.320. The normalized spacial score (nSPS) is 16.2. The van der Waals surface area contributed by atoms with Gasteiger partial charge in [0.05, 0.1) is 5.41 Å². The van der Waals surface area contributed by atoms with Crippen LogP contribution in [0.5, 0.6) is 0 Å². The fourth-order valence-electron chi connectivity index (χ4n) is 2.32. The second kappa shape index (κ2) is 6.08. The molecule has 0 aliphatic carbocycles. The molecule has 0 spiro atoms. The van der Waals surface area contributed by atoms with Gasteiger partial charge in [0, 0.05) is 6.54 Å². The van der Waals surface area contributed by atoms with Gasteiger partial charge in [-0.3, -0.25) is 4.79 Å². The second-order valence-corrected chi connectivity index (χ2v) is 7.93. The highest BCUT2D eigenvalue weighted by Crippen LogP contribution is 2.46. The molecule has 0 aromatic rings. The molecule has 0 aromatic heterocycles. The third-order valence-electron chi connectivity index (χ3n) is 3.86. The maximum absolute atomic E-state index is 12.6. The van der Waals surface area contributed by atoms with Crippen LogP contribution in [0, 0.1) is 16.2 Å². The number of hydrogen-bond donors (Lipinski definition) is 1. The number of nitrogens with one attached hydrogen (secondary N) is 1. The van der Waals surface area contributed by atoms with Crippen LogP contribution in [0.3, 0.4) is 0 Å². The molecule has 0 aromatic carbocycles. The van der Waals surface area contributed by atoms with Gasteiger partial charge in [-0.25, -0.2) is 0 Å². The van der Waals surface area contributed by atoms with Crippen LogP contribution < -0.4 is 5.32 Å². The maximum Gasteiger partial charge on any atom is 0.226 e. The van der Waals surface area contributed by atoms with Crippen molar-refractivity contribution < 1.29 is 4.79 Å². The van der Waals surface area contributed by atoms with Crippen molar-refractivity contribution in [2.75, 3.05) is 6.54 Å². The van der Waals surface area contributed by atoms with Crippen molar-refractivity contribution in [3.05, 3.63) is 0 Å². The fourth-order valence-corrected chi connectivity index (χ4v) is 2.32. The summed E-state index contributed by atoms with van der Waals surface area (Å²) in [5.41, 5.74) is -0.195. The van der Waals surface area contributed by atoms with E-state index < -0.39 is 0 Å². The van der Waals surface area contributed by atoms with Gasteiger partial charge in [0.15, 0.2) is 0 Å². The molecule has 0 fully saturated rings. The average molecular weight is 255 g/mol. The van der Waals surface area contributed by atoms with Gasteiger partial charge in [-0.15, -0.1) is 0 Å². The van der Waals surface area contributed by atoms with Crippen molar-refractivity contribution in [2.24, 2.45) is 16.2 Å². The van der Waals surface area contributed by atoms with E-state index in [1.807, 2.05) is 0 Å². The molecule has 0 saturated heterocycles. The van der Waals surface area contributed by atoms with Gasteiger partial charge in [0.2, 0.25) is 5.91 Å². The van der Waals surface area contributed by atoms with E-state index in [2.05, 4.69) is 60.7 Å². The molecule has 0 bridgehead atoms. The Kier molecular flexibility index (Phi) is 5.90. The van der Waals surface area contributed by atoms with Crippen LogP contribution in [0.15, 0.2) is 0 Å². The standard InChI is InChI=1S/C16H33NO/c1-9-10-11-17-13(18)16(8,15(5,6)7)12-14(2,3)4/h9-12H2,1-8H3,(H,17,18). The van der Waals surface area contributed by atoms with Crippen molar-refractivity contribution in [2.45, 2.75) is 74.7 Å². The van der Waals surface area contributed by atoms with E-state index in [1.54, 1.807) is 0 Å². The number of rotatable bonds is 5. The van der Waals surface area contributed by atoms with Crippen LogP contribution in [0.25, 0.3) is 0 Å². The molecule has 1 N–H and O–H groups in total. The molecule has 0 rings (SSSR count). The molecule has 108 valence electrons. The van der Waals surface area contributed by atoms with Crippen molar-refractivity contribution in [1.29, 1.82) is 0 Å². The summed E-state index contributed by atoms with van der Waals surface area (Å²) in [5.74, 6) is 0.207. The average Bonchev–Trinajstić information content (AvgIpc) is 2.13. The topological polar surface area (TPSA) is 29.1 Å². The number of unbranched alkanes of at least 4 members (excludes halogenated alkanes) is 1. The monoisotopic (exact) mass is 255 g/mol. The highest BCUT2D eigenvalue weighted by molar-refractivity contribution is 5.83. The first-order valence-electron chi connectivity index (χ1n) is 7.22. The van der Waals surface area contributed by atoms with E-state index in [0.29, 0.717) is 0 Å². The van der Waals surface area contributed by atoms with Gasteiger partial charge < -0.3 is 5.32 Å². The van der Waals surface area contributed by atoms with Crippen molar-refractivity contribution in [3.63, 3.8) is 0 Å². The zero-order valence-corrected chi connectivity index (χ0v) is 13.7. The van der Waals surface area contributed by atoms with Gasteiger partial charge in [0.25, 0.3) is 0 Å². The maximum atomic E-state index is 12.6. The summed E-state index contributed by atoms with van der Waals surface area (Å²) in [5, 5.41) is 3.11. The van der Waals surface area contributed by atoms with Gasteiger partial charge in [0.1, 0.15) is 0 Å². The lowest BCUT2D eigenvalue weighted by atomic mass is 9.61. The Morgan fingerprint density at radius 1 is 1.00 bits per heavy atom. The van der Waals surface area contributed by atoms with Gasteiger partial charge in [-0.1, -0.05) is 61.8 Å². The SMILES string of the molecule is CCCCNC(=O)C(C)(CC(C)(C)C)C(C)(C)C. The van der Waals surface area contributed by atoms with Crippen LogP contribution in [-0.2, 0) is 4.79 Å². The third kappa shape index (κ3) is 4.99. The van der Waals surface area contributed by atoms with E-state index in [-0.39, 0.29) is 22.2 Å². The number of carbonyl (C=O) groups excluding carboxylic acids is 1. The molecule has 0 saturated carbocycles. The first-order chi connectivity index (χ1) is 7.94. The lowest BCUT2D eigenvalue weighted by molar-refractivity contribution is -0.138. The van der Waals surface area contributed by atoms with E-state index in [9.17, 15) is 4.79 Å². The van der Waals surface area contributed by atoms with Crippen LogP contribution in [0.2, 0.25) is 0 Å². The molecule has 2 heteroatoms. The highest BCUT2D eigenvalue weighted by atomic mass is 16.2. The zero-order valence-electron chi connectivity index (χ0n) is 13.7. The predicted octanol–water partition coefficient (Wildman–Crippen LogP) is 4.39. The Hall–Kier alpha value is -0.530. The summed E-state index contributed by atoms with van der Waals surface area (Å²) >= 11 is 0. The molecule has 18 heavy (non-hydrogen) atoms. The Bertz CT molecular complexity index is 270. The Morgan fingerprint density at radius 2 is 1.50 bits per heavy atom. The minimum absolute atomic E-state index is 0.0312. The Labute approximate surface area is 114 Å². The quantitative estimate of drug-likeness (QED) is 0.725. The highest BCUT2D eigenvalue weighted by Gasteiger charge is 2.46. The summed E-state index contributed by atoms with van der Waals surface area (Å²) in [6.07, 6.45) is 3.08. The molecule has 0 aliphatic heterocycles. The summed E-state index contributed by atoms with van der Waals surface area (Å²) in [4.78, 5) is 12.6. The first-order valence-corrected chi connectivity index (χ1v) is 7.22. The first kappa shape index (κ1) is 17.5. The summed E-state index contributed by atoms with van der Waals surface area (Å²) in [6, 6.07) is 0. The van der Waals surface area contributed by atoms with Gasteiger partial charge in [-0.2, -0.15) is 0 Å². The lowest BCUT2D eigenvalue weighted by Gasteiger charge is -2.44. The molecule has 1 unspecified atom stereocenters. The molecule has 0 aliphatic rings. The largest absolute Gasteiger partial charge is 0.356 e. The van der Waals surface area contributed by atoms with E-state index >= 15 is 0 Å². The molecule has 0 heterocycles. The second-order valence-electron chi connectivity index (χ2n) is 7.93. The smallest absolute Gasteiger partial charge is 0.226 e. The Morgan fingerprint density at radius 3 is 1.83 bits per heavy atom. The van der Waals surface area contributed by atoms with Crippen molar-refractivity contribution in [1.82, 2.24) is 5.32 Å². The van der Waals surface area contributed by atoms with Crippen molar-refractivity contribution >= 4 is 5.91 Å². The van der Waals surface area contributed by atoms with Crippen LogP contribution in [0.1, 0.15) is 74.7 Å². The Balaban J connectivity index is 4.94. The molecule has 0 radical (unpaired) electrons. The third-order valence-corrected chi connectivity index (χ3v) is 3.86. The van der Waals surface area contributed by atoms with E-state index in [0.717, 1.165) is 25.8 Å². The van der Waals surface area contributed by atoms with Gasteiger partial charge in [-0.05, 0) is 23.7 Å². The lowest BCUT2D eigenvalue weighted by Crippen LogP contribution is -2.49. The zero-order chi connectivity index (χ0) is 14.6.